The van der Waals surface area contributed by atoms with Gasteiger partial charge in [0.25, 0.3) is 5.91 Å². The van der Waals surface area contributed by atoms with Gasteiger partial charge in [0.15, 0.2) is 6.61 Å². The van der Waals surface area contributed by atoms with Crippen LogP contribution in [0.4, 0.5) is 4.39 Å². The minimum Gasteiger partial charge on any atom is -0.484 e. The average molecular weight is 264 g/mol. The molecule has 0 atom stereocenters. The van der Waals surface area contributed by atoms with Crippen LogP contribution in [0.2, 0.25) is 0 Å². The van der Waals surface area contributed by atoms with Gasteiger partial charge in [-0.2, -0.15) is 0 Å². The van der Waals surface area contributed by atoms with Crippen molar-refractivity contribution >= 4 is 5.91 Å². The van der Waals surface area contributed by atoms with Gasteiger partial charge in [-0.25, -0.2) is 4.39 Å². The summed E-state index contributed by atoms with van der Waals surface area (Å²) in [5.74, 6) is 5.58. The van der Waals surface area contributed by atoms with Crippen LogP contribution in [-0.4, -0.2) is 44.6 Å². The minimum atomic E-state index is -0.340. The second kappa shape index (κ2) is 8.11. The zero-order chi connectivity index (χ0) is 14.1. The fourth-order valence-corrected chi connectivity index (χ4v) is 1.15. The van der Waals surface area contributed by atoms with E-state index in [-0.39, 0.29) is 18.3 Å². The average Bonchev–Trinajstić information content (AvgIpc) is 2.37. The first kappa shape index (κ1) is 15.0. The molecule has 0 aliphatic heterocycles. The van der Waals surface area contributed by atoms with Crippen molar-refractivity contribution in [1.29, 1.82) is 0 Å². The zero-order valence-electron chi connectivity index (χ0n) is 11.1. The normalized spacial score (nSPS) is 9.68. The van der Waals surface area contributed by atoms with Crippen LogP contribution >= 0.6 is 0 Å². The Hall–Kier alpha value is -2.06. The molecule has 5 heteroatoms. The first-order chi connectivity index (χ1) is 9.08. The molecule has 1 amide bonds. The number of ether oxygens (including phenoxy) is 1. The summed E-state index contributed by atoms with van der Waals surface area (Å²) >= 11 is 0. The molecule has 0 unspecified atom stereocenters. The summed E-state index contributed by atoms with van der Waals surface area (Å²) in [6.45, 7) is 0.836. The summed E-state index contributed by atoms with van der Waals surface area (Å²) in [5, 5.41) is 2.61. The third kappa shape index (κ3) is 7.06. The van der Waals surface area contributed by atoms with Crippen molar-refractivity contribution < 1.29 is 13.9 Å². The fourth-order valence-electron chi connectivity index (χ4n) is 1.15. The zero-order valence-corrected chi connectivity index (χ0v) is 11.1. The van der Waals surface area contributed by atoms with Gasteiger partial charge in [0, 0.05) is 0 Å². The summed E-state index contributed by atoms with van der Waals surface area (Å²) in [7, 11) is 3.84. The number of amides is 1. The van der Waals surface area contributed by atoms with E-state index in [0.29, 0.717) is 18.8 Å². The number of halogens is 1. The van der Waals surface area contributed by atoms with Gasteiger partial charge < -0.3 is 10.1 Å². The molecular weight excluding hydrogens is 247 g/mol. The molecule has 0 saturated heterocycles. The van der Waals surface area contributed by atoms with E-state index in [0.717, 1.165) is 0 Å². The van der Waals surface area contributed by atoms with Crippen molar-refractivity contribution in [1.82, 2.24) is 10.2 Å². The number of hydrogen-bond donors (Lipinski definition) is 1. The lowest BCUT2D eigenvalue weighted by atomic mass is 10.3. The molecule has 0 aliphatic rings. The summed E-state index contributed by atoms with van der Waals surface area (Å²) < 4.78 is 17.8. The molecule has 0 bridgehead atoms. The number of nitrogens with zero attached hydrogens (tertiary/aromatic N) is 1. The minimum absolute atomic E-state index is 0.110. The Bertz CT molecular complexity index is 461. The van der Waals surface area contributed by atoms with E-state index in [9.17, 15) is 9.18 Å². The summed E-state index contributed by atoms with van der Waals surface area (Å²) in [6.07, 6.45) is 0. The monoisotopic (exact) mass is 264 g/mol. The summed E-state index contributed by atoms with van der Waals surface area (Å²) in [4.78, 5) is 13.3. The fraction of sp³-hybridized carbons (Fsp3) is 0.357. The topological polar surface area (TPSA) is 41.6 Å². The Kier molecular flexibility index (Phi) is 6.41. The molecule has 0 aromatic heterocycles. The molecule has 0 fully saturated rings. The van der Waals surface area contributed by atoms with Crippen LogP contribution in [0, 0.1) is 17.7 Å². The standard InChI is InChI=1S/C14H17FN2O2/c1-17(2)10-4-3-9-16-14(18)11-19-13-7-5-12(15)6-8-13/h5-8H,9-11H2,1-2H3,(H,16,18). The van der Waals surface area contributed by atoms with Crippen molar-refractivity contribution in [2.75, 3.05) is 33.8 Å². The second-order valence-electron chi connectivity index (χ2n) is 4.11. The smallest absolute Gasteiger partial charge is 0.258 e. The van der Waals surface area contributed by atoms with Gasteiger partial charge in [-0.3, -0.25) is 9.69 Å². The number of hydrogen-bond acceptors (Lipinski definition) is 3. The number of nitrogens with one attached hydrogen (secondary N) is 1. The predicted molar refractivity (Wildman–Crippen MR) is 71.2 cm³/mol. The number of rotatable bonds is 5. The first-order valence-corrected chi connectivity index (χ1v) is 5.83. The Labute approximate surface area is 112 Å². The maximum atomic E-state index is 12.6. The third-order valence-electron chi connectivity index (χ3n) is 2.08. The van der Waals surface area contributed by atoms with Crippen molar-refractivity contribution in [3.05, 3.63) is 30.1 Å². The third-order valence-corrected chi connectivity index (χ3v) is 2.08. The van der Waals surface area contributed by atoms with Crippen LogP contribution in [-0.2, 0) is 4.79 Å². The highest BCUT2D eigenvalue weighted by molar-refractivity contribution is 5.77. The molecule has 1 N–H and O–H groups in total. The molecule has 1 aromatic rings. The maximum Gasteiger partial charge on any atom is 0.258 e. The van der Waals surface area contributed by atoms with E-state index in [1.807, 2.05) is 19.0 Å². The Morgan fingerprint density at radius 3 is 2.63 bits per heavy atom. The van der Waals surface area contributed by atoms with Gasteiger partial charge in [0.05, 0.1) is 13.1 Å². The van der Waals surface area contributed by atoms with Gasteiger partial charge in [-0.05, 0) is 38.4 Å². The van der Waals surface area contributed by atoms with Gasteiger partial charge in [0.2, 0.25) is 0 Å². The number of carbonyl (C=O) groups excluding carboxylic acids is 1. The van der Waals surface area contributed by atoms with Gasteiger partial charge in [-0.1, -0.05) is 11.8 Å². The van der Waals surface area contributed by atoms with Crippen molar-refractivity contribution in [3.63, 3.8) is 0 Å². The lowest BCUT2D eigenvalue weighted by Crippen LogP contribution is -2.29. The van der Waals surface area contributed by atoms with Crippen LogP contribution in [0.5, 0.6) is 5.75 Å². The van der Waals surface area contributed by atoms with Crippen molar-refractivity contribution in [3.8, 4) is 17.6 Å². The lowest BCUT2D eigenvalue weighted by Gasteiger charge is -2.05. The number of carbonyl (C=O) groups is 1. The van der Waals surface area contributed by atoms with E-state index in [2.05, 4.69) is 17.2 Å². The van der Waals surface area contributed by atoms with Crippen LogP contribution in [0.3, 0.4) is 0 Å². The lowest BCUT2D eigenvalue weighted by molar-refractivity contribution is -0.122. The van der Waals surface area contributed by atoms with Gasteiger partial charge in [0.1, 0.15) is 11.6 Å². The van der Waals surface area contributed by atoms with Crippen LogP contribution in [0.15, 0.2) is 24.3 Å². The highest BCUT2D eigenvalue weighted by atomic mass is 19.1. The van der Waals surface area contributed by atoms with Crippen molar-refractivity contribution in [2.45, 2.75) is 0 Å². The molecule has 4 nitrogen and oxygen atoms in total. The second-order valence-corrected chi connectivity index (χ2v) is 4.11. The Morgan fingerprint density at radius 1 is 1.32 bits per heavy atom. The summed E-state index contributed by atoms with van der Waals surface area (Å²) in [6, 6.07) is 5.50. The van der Waals surface area contributed by atoms with Crippen LogP contribution in [0.25, 0.3) is 0 Å². The molecule has 102 valence electrons. The summed E-state index contributed by atoms with van der Waals surface area (Å²) in [5.41, 5.74) is 0. The van der Waals surface area contributed by atoms with Gasteiger partial charge >= 0.3 is 0 Å². The quantitative estimate of drug-likeness (QED) is 0.803. The molecule has 0 heterocycles. The molecule has 0 aliphatic carbocycles. The highest BCUT2D eigenvalue weighted by Crippen LogP contribution is 2.10. The predicted octanol–water partition coefficient (Wildman–Crippen LogP) is 0.886. The molecule has 0 spiro atoms. The largest absolute Gasteiger partial charge is 0.484 e. The van der Waals surface area contributed by atoms with Gasteiger partial charge in [-0.15, -0.1) is 0 Å². The van der Waals surface area contributed by atoms with Crippen LogP contribution < -0.4 is 10.1 Å². The van der Waals surface area contributed by atoms with E-state index >= 15 is 0 Å². The molecule has 0 saturated carbocycles. The molecule has 1 aromatic carbocycles. The highest BCUT2D eigenvalue weighted by Gasteiger charge is 2.01. The SMILES string of the molecule is CN(C)CC#CCNC(=O)COc1ccc(F)cc1. The van der Waals surface area contributed by atoms with E-state index in [1.54, 1.807) is 0 Å². The van der Waals surface area contributed by atoms with E-state index in [1.165, 1.54) is 24.3 Å². The van der Waals surface area contributed by atoms with E-state index < -0.39 is 0 Å². The first-order valence-electron chi connectivity index (χ1n) is 5.83. The van der Waals surface area contributed by atoms with Crippen molar-refractivity contribution in [2.24, 2.45) is 0 Å². The number of benzene rings is 1. The molecule has 1 rings (SSSR count). The van der Waals surface area contributed by atoms with Crippen LogP contribution in [0.1, 0.15) is 0 Å². The Balaban J connectivity index is 2.20. The molecular formula is C14H17FN2O2. The molecule has 0 radical (unpaired) electrons. The molecule has 19 heavy (non-hydrogen) atoms. The Morgan fingerprint density at radius 2 is 2.00 bits per heavy atom. The maximum absolute atomic E-state index is 12.6. The van der Waals surface area contributed by atoms with E-state index in [4.69, 9.17) is 4.74 Å².